The number of ether oxygens (including phenoxy) is 2. The molecule has 4 aromatic rings. The zero-order valence-corrected chi connectivity index (χ0v) is 22.8. The fourth-order valence-corrected chi connectivity index (χ4v) is 4.23. The molecule has 0 aliphatic heterocycles. The second-order valence-corrected chi connectivity index (χ2v) is 9.46. The highest BCUT2D eigenvalue weighted by atomic mass is 79.9. The minimum Gasteiger partial charge on any atom is -0.493 e. The number of benzene rings is 3. The van der Waals surface area contributed by atoms with Gasteiger partial charge in [0.05, 0.1) is 29.2 Å². The molecule has 190 valence electrons. The standard InChI is InChI=1S/C27H24BrClN4O4/c1-4-24-32-22-10-7-18(28)13-20(22)27(35)33(24)30-14-17-11-21(29)26(23(12-17)36-3)37-15-25(34)31-19-8-5-16(2)6-9-19/h5-14H,4,15H2,1-3H3,(H,31,34). The first-order valence-corrected chi connectivity index (χ1v) is 12.6. The number of hydrogen-bond acceptors (Lipinski definition) is 6. The molecule has 0 saturated heterocycles. The van der Waals surface area contributed by atoms with Crippen molar-refractivity contribution in [3.8, 4) is 11.5 Å². The molecule has 8 nitrogen and oxygen atoms in total. The highest BCUT2D eigenvalue weighted by molar-refractivity contribution is 9.10. The molecule has 0 radical (unpaired) electrons. The number of nitrogens with zero attached hydrogens (tertiary/aromatic N) is 3. The maximum Gasteiger partial charge on any atom is 0.282 e. The molecule has 0 bridgehead atoms. The Hall–Kier alpha value is -3.69. The zero-order valence-electron chi connectivity index (χ0n) is 20.4. The number of nitrogens with one attached hydrogen (secondary N) is 1. The van der Waals surface area contributed by atoms with Crippen LogP contribution in [0.25, 0.3) is 10.9 Å². The summed E-state index contributed by atoms with van der Waals surface area (Å²) >= 11 is 9.85. The van der Waals surface area contributed by atoms with Gasteiger partial charge in [0.15, 0.2) is 18.1 Å². The molecule has 4 rings (SSSR count). The van der Waals surface area contributed by atoms with Gasteiger partial charge >= 0.3 is 0 Å². The van der Waals surface area contributed by atoms with Crippen molar-refractivity contribution in [2.45, 2.75) is 20.3 Å². The smallest absolute Gasteiger partial charge is 0.282 e. The van der Waals surface area contributed by atoms with Crippen molar-refractivity contribution in [2.75, 3.05) is 19.0 Å². The molecule has 10 heteroatoms. The Labute approximate surface area is 227 Å². The molecule has 0 aliphatic rings. The van der Waals surface area contributed by atoms with Gasteiger partial charge in [0.1, 0.15) is 5.82 Å². The van der Waals surface area contributed by atoms with Gasteiger partial charge in [0.2, 0.25) is 0 Å². The summed E-state index contributed by atoms with van der Waals surface area (Å²) in [5.74, 6) is 0.730. The Morgan fingerprint density at radius 1 is 1.19 bits per heavy atom. The van der Waals surface area contributed by atoms with E-state index in [1.165, 1.54) is 18.0 Å². The van der Waals surface area contributed by atoms with Crippen molar-refractivity contribution in [3.63, 3.8) is 0 Å². The van der Waals surface area contributed by atoms with Crippen LogP contribution in [0.5, 0.6) is 11.5 Å². The number of amides is 1. The van der Waals surface area contributed by atoms with Crippen LogP contribution in [-0.2, 0) is 11.2 Å². The molecular formula is C27H24BrClN4O4. The SMILES string of the molecule is CCc1nc2ccc(Br)cc2c(=O)n1N=Cc1cc(Cl)c(OCC(=O)Nc2ccc(C)cc2)c(OC)c1. The number of rotatable bonds is 8. The summed E-state index contributed by atoms with van der Waals surface area (Å²) in [5.41, 5.74) is 2.66. The average molecular weight is 584 g/mol. The molecule has 0 fully saturated rings. The Bertz CT molecular complexity index is 1550. The molecule has 0 atom stereocenters. The Morgan fingerprint density at radius 2 is 1.95 bits per heavy atom. The summed E-state index contributed by atoms with van der Waals surface area (Å²) in [4.78, 5) is 30.0. The van der Waals surface area contributed by atoms with Gasteiger partial charge in [-0.25, -0.2) is 4.98 Å². The van der Waals surface area contributed by atoms with Crippen molar-refractivity contribution < 1.29 is 14.3 Å². The largest absolute Gasteiger partial charge is 0.493 e. The van der Waals surface area contributed by atoms with Crippen LogP contribution in [0.3, 0.4) is 0 Å². The third-order valence-electron chi connectivity index (χ3n) is 5.45. The number of aromatic nitrogens is 2. The second-order valence-electron chi connectivity index (χ2n) is 8.14. The minimum absolute atomic E-state index is 0.226. The normalized spacial score (nSPS) is 11.2. The number of halogens is 2. The first kappa shape index (κ1) is 26.4. The van der Waals surface area contributed by atoms with Crippen LogP contribution in [0.4, 0.5) is 5.69 Å². The highest BCUT2D eigenvalue weighted by Crippen LogP contribution is 2.36. The van der Waals surface area contributed by atoms with E-state index in [9.17, 15) is 9.59 Å². The van der Waals surface area contributed by atoms with E-state index in [1.54, 1.807) is 24.3 Å². The number of hydrogen-bond donors (Lipinski definition) is 1. The lowest BCUT2D eigenvalue weighted by molar-refractivity contribution is -0.118. The molecule has 37 heavy (non-hydrogen) atoms. The van der Waals surface area contributed by atoms with Crippen molar-refractivity contribution in [2.24, 2.45) is 5.10 Å². The summed E-state index contributed by atoms with van der Waals surface area (Å²) < 4.78 is 13.1. The number of carbonyl (C=O) groups is 1. The van der Waals surface area contributed by atoms with Gasteiger partial charge < -0.3 is 14.8 Å². The van der Waals surface area contributed by atoms with E-state index >= 15 is 0 Å². The lowest BCUT2D eigenvalue weighted by Crippen LogP contribution is -2.22. The van der Waals surface area contributed by atoms with Gasteiger partial charge in [0, 0.05) is 16.6 Å². The molecule has 1 amide bonds. The molecule has 0 unspecified atom stereocenters. The fraction of sp³-hybridized carbons (Fsp3) is 0.185. The van der Waals surface area contributed by atoms with E-state index in [0.29, 0.717) is 40.1 Å². The molecule has 0 aliphatic carbocycles. The maximum absolute atomic E-state index is 13.1. The Morgan fingerprint density at radius 3 is 2.65 bits per heavy atom. The lowest BCUT2D eigenvalue weighted by Gasteiger charge is -2.13. The van der Waals surface area contributed by atoms with E-state index in [1.807, 2.05) is 44.2 Å². The summed E-state index contributed by atoms with van der Waals surface area (Å²) in [6.45, 7) is 3.61. The van der Waals surface area contributed by atoms with Gasteiger partial charge in [-0.1, -0.05) is 52.2 Å². The van der Waals surface area contributed by atoms with Crippen molar-refractivity contribution >= 4 is 56.2 Å². The Balaban J connectivity index is 1.56. The van der Waals surface area contributed by atoms with Gasteiger partial charge in [-0.2, -0.15) is 9.78 Å². The molecule has 1 N–H and O–H groups in total. The van der Waals surface area contributed by atoms with Crippen LogP contribution >= 0.6 is 27.5 Å². The van der Waals surface area contributed by atoms with E-state index in [2.05, 4.69) is 31.3 Å². The Kier molecular flexibility index (Phi) is 8.25. The van der Waals surface area contributed by atoms with E-state index in [0.717, 1.165) is 10.0 Å². The van der Waals surface area contributed by atoms with Crippen molar-refractivity contribution in [3.05, 3.63) is 91.4 Å². The first-order chi connectivity index (χ1) is 17.8. The predicted molar refractivity (Wildman–Crippen MR) is 149 cm³/mol. The second kappa shape index (κ2) is 11.6. The number of aryl methyl sites for hydroxylation is 2. The molecular weight excluding hydrogens is 560 g/mol. The van der Waals surface area contributed by atoms with Gasteiger partial charge in [-0.05, 0) is 55.0 Å². The van der Waals surface area contributed by atoms with Gasteiger partial charge in [-0.15, -0.1) is 0 Å². The van der Waals surface area contributed by atoms with Crippen LogP contribution in [0.15, 0.2) is 69.0 Å². The molecule has 0 saturated carbocycles. The van der Waals surface area contributed by atoms with Crippen LogP contribution in [0.2, 0.25) is 5.02 Å². The topological polar surface area (TPSA) is 94.8 Å². The third-order valence-corrected chi connectivity index (χ3v) is 6.22. The van der Waals surface area contributed by atoms with Crippen molar-refractivity contribution in [1.29, 1.82) is 0 Å². The number of carbonyl (C=O) groups excluding carboxylic acids is 1. The van der Waals surface area contributed by atoms with Crippen LogP contribution in [0, 0.1) is 6.92 Å². The van der Waals surface area contributed by atoms with Crippen LogP contribution in [-0.4, -0.2) is 35.5 Å². The van der Waals surface area contributed by atoms with Gasteiger partial charge in [0.25, 0.3) is 11.5 Å². The lowest BCUT2D eigenvalue weighted by atomic mass is 10.2. The predicted octanol–water partition coefficient (Wildman–Crippen LogP) is 5.59. The summed E-state index contributed by atoms with van der Waals surface area (Å²) in [6.07, 6.45) is 2.01. The molecule has 1 aromatic heterocycles. The summed E-state index contributed by atoms with van der Waals surface area (Å²) in [7, 11) is 1.47. The third kappa shape index (κ3) is 6.18. The maximum atomic E-state index is 13.1. The quantitative estimate of drug-likeness (QED) is 0.273. The monoisotopic (exact) mass is 582 g/mol. The molecule has 1 heterocycles. The van der Waals surface area contributed by atoms with Crippen LogP contribution in [0.1, 0.15) is 23.9 Å². The highest BCUT2D eigenvalue weighted by Gasteiger charge is 2.15. The van der Waals surface area contributed by atoms with E-state index in [4.69, 9.17) is 21.1 Å². The average Bonchev–Trinajstić information content (AvgIpc) is 2.88. The number of anilines is 1. The zero-order chi connectivity index (χ0) is 26.5. The molecule has 0 spiro atoms. The van der Waals surface area contributed by atoms with E-state index in [-0.39, 0.29) is 28.8 Å². The van der Waals surface area contributed by atoms with E-state index < -0.39 is 0 Å². The fourth-order valence-electron chi connectivity index (χ4n) is 3.59. The number of methoxy groups -OCH3 is 1. The summed E-state index contributed by atoms with van der Waals surface area (Å²) in [6, 6.07) is 16.1. The number of fused-ring (bicyclic) bond motifs is 1. The van der Waals surface area contributed by atoms with Crippen LogP contribution < -0.4 is 20.3 Å². The van der Waals surface area contributed by atoms with Gasteiger partial charge in [-0.3, -0.25) is 9.59 Å². The minimum atomic E-state index is -0.338. The first-order valence-electron chi connectivity index (χ1n) is 11.4. The summed E-state index contributed by atoms with van der Waals surface area (Å²) in [5, 5.41) is 7.83. The van der Waals surface area contributed by atoms with Crippen molar-refractivity contribution in [1.82, 2.24) is 9.66 Å². The molecule has 3 aromatic carbocycles.